The Hall–Kier alpha value is -3.10. The second-order valence-corrected chi connectivity index (χ2v) is 13.1. The molecule has 2 aromatic rings. The van der Waals surface area contributed by atoms with E-state index in [1.807, 2.05) is 55.5 Å². The number of rotatable bonds is 17. The van der Waals surface area contributed by atoms with Crippen molar-refractivity contribution in [2.45, 2.75) is 104 Å². The molecule has 0 aliphatic rings. The summed E-state index contributed by atoms with van der Waals surface area (Å²) in [5.41, 5.74) is 6.39. The van der Waals surface area contributed by atoms with E-state index in [1.54, 1.807) is 34.8 Å². The molecule has 0 fully saturated rings. The first kappa shape index (κ1) is 36.1. The Morgan fingerprint density at radius 1 is 1.00 bits per heavy atom. The van der Waals surface area contributed by atoms with Gasteiger partial charge in [0.1, 0.15) is 12.2 Å². The Morgan fingerprint density at radius 3 is 2.26 bits per heavy atom. The van der Waals surface area contributed by atoms with Crippen LogP contribution in [-0.4, -0.2) is 47.9 Å². The van der Waals surface area contributed by atoms with Gasteiger partial charge in [-0.1, -0.05) is 63.6 Å². The zero-order chi connectivity index (χ0) is 32.2. The Morgan fingerprint density at radius 2 is 1.67 bits per heavy atom. The fraction of sp³-hybridized carbons (Fsp3) is 0.600. The van der Waals surface area contributed by atoms with Gasteiger partial charge in [0.2, 0.25) is 5.91 Å². The van der Waals surface area contributed by atoms with E-state index in [4.69, 9.17) is 19.9 Å². The van der Waals surface area contributed by atoms with Gasteiger partial charge < -0.3 is 30.4 Å². The summed E-state index contributed by atoms with van der Waals surface area (Å²) in [6.07, 6.45) is 1.56. The molecule has 43 heavy (non-hydrogen) atoms. The highest BCUT2D eigenvalue weighted by atomic mass is 16.6. The van der Waals surface area contributed by atoms with Crippen LogP contribution in [0.5, 0.6) is 11.5 Å². The van der Waals surface area contributed by atoms with Crippen LogP contribution in [0.3, 0.4) is 0 Å². The molecule has 0 unspecified atom stereocenters. The van der Waals surface area contributed by atoms with Crippen LogP contribution in [0.2, 0.25) is 0 Å². The van der Waals surface area contributed by atoms with E-state index in [0.717, 1.165) is 24.0 Å². The van der Waals surface area contributed by atoms with Crippen molar-refractivity contribution in [3.63, 3.8) is 0 Å². The predicted octanol–water partition coefficient (Wildman–Crippen LogP) is 5.82. The van der Waals surface area contributed by atoms with Gasteiger partial charge in [0.05, 0.1) is 24.7 Å². The molecule has 0 heterocycles. The molecular weight excluding hydrogens is 544 g/mol. The maximum Gasteiger partial charge on any atom is 0.312 e. The lowest BCUT2D eigenvalue weighted by Crippen LogP contribution is -2.55. The van der Waals surface area contributed by atoms with Crippen molar-refractivity contribution in [2.24, 2.45) is 23.5 Å². The van der Waals surface area contributed by atoms with Crippen molar-refractivity contribution in [3.8, 4) is 11.5 Å². The van der Waals surface area contributed by atoms with E-state index in [0.29, 0.717) is 37.5 Å². The van der Waals surface area contributed by atoms with E-state index in [9.17, 15) is 14.7 Å². The van der Waals surface area contributed by atoms with Crippen LogP contribution in [-0.2, 0) is 27.4 Å². The van der Waals surface area contributed by atoms with E-state index in [1.165, 1.54) is 0 Å². The van der Waals surface area contributed by atoms with Gasteiger partial charge in [-0.15, -0.1) is 0 Å². The molecule has 0 aromatic heterocycles. The van der Waals surface area contributed by atoms with Gasteiger partial charge in [0.25, 0.3) is 0 Å². The third-order valence-electron chi connectivity index (χ3n) is 7.60. The molecule has 1 amide bonds. The van der Waals surface area contributed by atoms with Crippen molar-refractivity contribution in [2.75, 3.05) is 13.7 Å². The van der Waals surface area contributed by atoms with Crippen molar-refractivity contribution in [1.29, 1.82) is 0 Å². The number of aliphatic hydroxyl groups excluding tert-OH is 1. The predicted molar refractivity (Wildman–Crippen MR) is 171 cm³/mol. The molecular formula is C35H54N2O6. The molecule has 0 aliphatic carbocycles. The fourth-order valence-electron chi connectivity index (χ4n) is 4.95. The van der Waals surface area contributed by atoms with Gasteiger partial charge in [-0.3, -0.25) is 9.59 Å². The number of methoxy groups -OCH3 is 1. The number of esters is 1. The molecule has 2 aromatic carbocycles. The van der Waals surface area contributed by atoms with Gasteiger partial charge in [-0.05, 0) is 82.1 Å². The third-order valence-corrected chi connectivity index (χ3v) is 7.60. The molecule has 0 saturated carbocycles. The number of aliphatic hydroxyl groups is 1. The molecule has 0 saturated heterocycles. The summed E-state index contributed by atoms with van der Waals surface area (Å²) in [6, 6.07) is 15.8. The summed E-state index contributed by atoms with van der Waals surface area (Å²) in [7, 11) is 1.61. The Bertz CT molecular complexity index is 1140. The number of hydrogen-bond acceptors (Lipinski definition) is 7. The lowest BCUT2D eigenvalue weighted by Gasteiger charge is -2.33. The molecule has 8 nitrogen and oxygen atoms in total. The number of carbonyl (C=O) groups is 2. The van der Waals surface area contributed by atoms with Crippen molar-refractivity contribution in [1.82, 2.24) is 5.32 Å². The lowest BCUT2D eigenvalue weighted by atomic mass is 9.78. The number of nitrogens with one attached hydrogen (secondary N) is 1. The van der Waals surface area contributed by atoms with Crippen LogP contribution in [0.25, 0.3) is 0 Å². The molecule has 240 valence electrons. The summed E-state index contributed by atoms with van der Waals surface area (Å²) < 4.78 is 17.4. The van der Waals surface area contributed by atoms with Crippen molar-refractivity contribution >= 4 is 11.9 Å². The van der Waals surface area contributed by atoms with Crippen molar-refractivity contribution in [3.05, 3.63) is 59.7 Å². The zero-order valence-corrected chi connectivity index (χ0v) is 27.4. The Balaban J connectivity index is 2.28. The molecule has 0 radical (unpaired) electrons. The summed E-state index contributed by atoms with van der Waals surface area (Å²) in [6.45, 7) is 14.2. The number of hydrogen-bond donors (Lipinski definition) is 3. The number of ether oxygens (including phenoxy) is 3. The summed E-state index contributed by atoms with van der Waals surface area (Å²) >= 11 is 0. The van der Waals surface area contributed by atoms with Crippen LogP contribution in [0, 0.1) is 17.8 Å². The SMILES string of the molecule is CCCCNC(=O)[C@](C)(N)C[C@H](O)[C@H](C[C@@H](Cc1ccc(OC)c(OCc2ccccc2)c1)C(C)C)C(=O)OC(C)(C)C. The summed E-state index contributed by atoms with van der Waals surface area (Å²) in [4.78, 5) is 26.3. The van der Waals surface area contributed by atoms with Crippen LogP contribution in [0.15, 0.2) is 48.5 Å². The number of unbranched alkanes of at least 4 members (excludes halogenated alkanes) is 1. The minimum atomic E-state index is -1.35. The van der Waals surface area contributed by atoms with Gasteiger partial charge in [-0.2, -0.15) is 0 Å². The van der Waals surface area contributed by atoms with E-state index in [2.05, 4.69) is 19.2 Å². The van der Waals surface area contributed by atoms with E-state index < -0.39 is 29.1 Å². The zero-order valence-electron chi connectivity index (χ0n) is 27.4. The average Bonchev–Trinajstić information content (AvgIpc) is 2.93. The number of nitrogens with two attached hydrogens (primary N) is 1. The third kappa shape index (κ3) is 12.2. The second-order valence-electron chi connectivity index (χ2n) is 13.1. The van der Waals surface area contributed by atoms with Gasteiger partial charge in [0, 0.05) is 13.0 Å². The number of amides is 1. The summed E-state index contributed by atoms with van der Waals surface area (Å²) in [5, 5.41) is 14.3. The highest BCUT2D eigenvalue weighted by molar-refractivity contribution is 5.85. The normalized spacial score (nSPS) is 15.2. The molecule has 4 N–H and O–H groups in total. The fourth-order valence-corrected chi connectivity index (χ4v) is 4.95. The number of carbonyl (C=O) groups excluding carboxylic acids is 2. The van der Waals surface area contributed by atoms with Crippen LogP contribution in [0.4, 0.5) is 0 Å². The van der Waals surface area contributed by atoms with Crippen LogP contribution < -0.4 is 20.5 Å². The standard InChI is InChI=1S/C35H54N2O6/c1-9-10-18-37-33(40)35(7,36)22-29(38)28(32(39)43-34(4,5)6)21-27(24(2)3)19-26-16-17-30(41-8)31(20-26)42-23-25-14-12-11-13-15-25/h11-17,20,24,27-29,38H,9-10,18-19,21-23,36H2,1-8H3,(H,37,40)/t27-,28+,29+,35-/m1/s1. The smallest absolute Gasteiger partial charge is 0.312 e. The largest absolute Gasteiger partial charge is 0.493 e. The number of benzene rings is 2. The first-order chi connectivity index (χ1) is 20.2. The van der Waals surface area contributed by atoms with Crippen LogP contribution in [0.1, 0.15) is 85.3 Å². The van der Waals surface area contributed by atoms with Gasteiger partial charge in [-0.25, -0.2) is 0 Å². The quantitative estimate of drug-likeness (QED) is 0.155. The maximum atomic E-state index is 13.5. The lowest BCUT2D eigenvalue weighted by molar-refractivity contribution is -0.166. The summed E-state index contributed by atoms with van der Waals surface area (Å²) in [5.74, 6) is -0.200. The Labute approximate surface area is 258 Å². The molecule has 2 rings (SSSR count). The molecule has 0 spiro atoms. The second kappa shape index (κ2) is 16.7. The monoisotopic (exact) mass is 598 g/mol. The van der Waals surface area contributed by atoms with Gasteiger partial charge >= 0.3 is 5.97 Å². The highest BCUT2D eigenvalue weighted by Gasteiger charge is 2.39. The van der Waals surface area contributed by atoms with E-state index in [-0.39, 0.29) is 24.2 Å². The molecule has 8 heteroatoms. The first-order valence-corrected chi connectivity index (χ1v) is 15.5. The Kier molecular flexibility index (Phi) is 14.0. The van der Waals surface area contributed by atoms with Crippen molar-refractivity contribution < 1.29 is 28.9 Å². The minimum Gasteiger partial charge on any atom is -0.493 e. The van der Waals surface area contributed by atoms with Gasteiger partial charge in [0.15, 0.2) is 11.5 Å². The molecule has 0 bridgehead atoms. The molecule has 0 aliphatic heterocycles. The highest BCUT2D eigenvalue weighted by Crippen LogP contribution is 2.34. The van der Waals surface area contributed by atoms with E-state index >= 15 is 0 Å². The maximum absolute atomic E-state index is 13.5. The minimum absolute atomic E-state index is 0.0185. The average molecular weight is 599 g/mol. The molecule has 4 atom stereocenters. The van der Waals surface area contributed by atoms with Crippen LogP contribution >= 0.6 is 0 Å². The first-order valence-electron chi connectivity index (χ1n) is 15.5. The topological polar surface area (TPSA) is 120 Å².